The monoisotopic (exact) mass is 241 g/mol. The molecule has 0 spiro atoms. The highest BCUT2D eigenvalue weighted by Crippen LogP contribution is 2.31. The van der Waals surface area contributed by atoms with Crippen molar-refractivity contribution in [3.05, 3.63) is 35.7 Å². The Balaban J connectivity index is 2.70. The summed E-state index contributed by atoms with van der Waals surface area (Å²) >= 11 is 0. The normalized spacial score (nSPS) is 11.8. The van der Waals surface area contributed by atoms with Gasteiger partial charge >= 0.3 is 6.18 Å². The van der Waals surface area contributed by atoms with E-state index >= 15 is 0 Å². The minimum Gasteiger partial charge on any atom is -0.497 e. The Kier molecular flexibility index (Phi) is 2.69. The fraction of sp³-hybridized carbons (Fsp3) is 0.250. The molecule has 0 fully saturated rings. The zero-order valence-electron chi connectivity index (χ0n) is 9.30. The van der Waals surface area contributed by atoms with Crippen molar-refractivity contribution in [1.82, 2.24) is 4.98 Å². The number of aryl methyl sites for hydroxylation is 1. The highest BCUT2D eigenvalue weighted by molar-refractivity contribution is 5.86. The third-order valence-corrected chi connectivity index (χ3v) is 2.52. The van der Waals surface area contributed by atoms with E-state index in [4.69, 9.17) is 4.74 Å². The summed E-state index contributed by atoms with van der Waals surface area (Å²) in [6, 6.07) is 6.00. The molecule has 1 aromatic carbocycles. The van der Waals surface area contributed by atoms with E-state index in [-0.39, 0.29) is 0 Å². The lowest BCUT2D eigenvalue weighted by Crippen LogP contribution is -2.08. The highest BCUT2D eigenvalue weighted by atomic mass is 19.4. The number of alkyl halides is 3. The Bertz CT molecular complexity index is 563. The third-order valence-electron chi connectivity index (χ3n) is 2.52. The zero-order valence-corrected chi connectivity index (χ0v) is 9.30. The van der Waals surface area contributed by atoms with Gasteiger partial charge in [-0.05, 0) is 36.6 Å². The first-order chi connectivity index (χ1) is 7.91. The molecule has 2 aromatic rings. The lowest BCUT2D eigenvalue weighted by molar-refractivity contribution is -0.141. The van der Waals surface area contributed by atoms with Crippen LogP contribution in [-0.4, -0.2) is 12.1 Å². The van der Waals surface area contributed by atoms with Crippen LogP contribution in [0.2, 0.25) is 0 Å². The summed E-state index contributed by atoms with van der Waals surface area (Å²) in [4.78, 5) is 3.56. The summed E-state index contributed by atoms with van der Waals surface area (Å²) in [7, 11) is 1.47. The molecule has 0 aliphatic heterocycles. The third kappa shape index (κ3) is 2.18. The van der Waals surface area contributed by atoms with Gasteiger partial charge in [-0.1, -0.05) is 0 Å². The molecule has 17 heavy (non-hydrogen) atoms. The first-order valence-electron chi connectivity index (χ1n) is 4.94. The molecule has 0 aliphatic carbocycles. The number of nitrogens with zero attached hydrogens (tertiary/aromatic N) is 1. The van der Waals surface area contributed by atoms with E-state index < -0.39 is 11.9 Å². The van der Waals surface area contributed by atoms with Gasteiger partial charge in [0.1, 0.15) is 11.4 Å². The molecular weight excluding hydrogens is 231 g/mol. The second-order valence-corrected chi connectivity index (χ2v) is 3.68. The van der Waals surface area contributed by atoms with Crippen LogP contribution >= 0.6 is 0 Å². The van der Waals surface area contributed by atoms with Gasteiger partial charge in [0.25, 0.3) is 0 Å². The van der Waals surface area contributed by atoms with Crippen molar-refractivity contribution >= 4 is 10.8 Å². The van der Waals surface area contributed by atoms with E-state index in [0.29, 0.717) is 22.2 Å². The van der Waals surface area contributed by atoms with Gasteiger partial charge in [0.2, 0.25) is 0 Å². The number of aromatic nitrogens is 1. The molecule has 2 nitrogen and oxygen atoms in total. The molecule has 0 atom stereocenters. The van der Waals surface area contributed by atoms with Gasteiger partial charge in [-0.25, -0.2) is 4.98 Å². The van der Waals surface area contributed by atoms with Crippen molar-refractivity contribution in [2.24, 2.45) is 0 Å². The number of hydrogen-bond acceptors (Lipinski definition) is 2. The zero-order chi connectivity index (χ0) is 12.6. The Morgan fingerprint density at radius 3 is 2.47 bits per heavy atom. The van der Waals surface area contributed by atoms with Crippen molar-refractivity contribution in [2.45, 2.75) is 13.1 Å². The van der Waals surface area contributed by atoms with Crippen LogP contribution in [0, 0.1) is 6.92 Å². The molecule has 0 amide bonds. The topological polar surface area (TPSA) is 22.1 Å². The number of methoxy groups -OCH3 is 1. The molecule has 0 radical (unpaired) electrons. The minimum absolute atomic E-state index is 0.359. The number of pyridine rings is 1. The molecule has 1 aromatic heterocycles. The molecule has 5 heteroatoms. The smallest absolute Gasteiger partial charge is 0.433 e. The Morgan fingerprint density at radius 2 is 1.88 bits per heavy atom. The van der Waals surface area contributed by atoms with Crippen molar-refractivity contribution in [3.63, 3.8) is 0 Å². The number of benzene rings is 1. The van der Waals surface area contributed by atoms with E-state index in [1.54, 1.807) is 25.1 Å². The Morgan fingerprint density at radius 1 is 1.18 bits per heavy atom. The fourth-order valence-electron chi connectivity index (χ4n) is 1.68. The molecule has 0 unspecified atom stereocenters. The summed E-state index contributed by atoms with van der Waals surface area (Å²) < 4.78 is 42.7. The van der Waals surface area contributed by atoms with E-state index in [9.17, 15) is 13.2 Å². The average Bonchev–Trinajstić information content (AvgIpc) is 2.27. The van der Waals surface area contributed by atoms with Crippen LogP contribution in [0.3, 0.4) is 0 Å². The second kappa shape index (κ2) is 3.91. The van der Waals surface area contributed by atoms with Crippen LogP contribution in [0.5, 0.6) is 5.75 Å². The average molecular weight is 241 g/mol. The van der Waals surface area contributed by atoms with Crippen molar-refractivity contribution < 1.29 is 17.9 Å². The molecule has 90 valence electrons. The highest BCUT2D eigenvalue weighted by Gasteiger charge is 2.32. The maximum Gasteiger partial charge on any atom is 0.433 e. The molecule has 0 aliphatic rings. The molecule has 0 N–H and O–H groups in total. The summed E-state index contributed by atoms with van der Waals surface area (Å²) in [6.07, 6.45) is -4.43. The number of rotatable bonds is 1. The molecule has 2 rings (SSSR count). The SMILES string of the molecule is COc1ccc2c(C)nc(C(F)(F)F)cc2c1. The maximum absolute atomic E-state index is 12.6. The second-order valence-electron chi connectivity index (χ2n) is 3.68. The van der Waals surface area contributed by atoms with Gasteiger partial charge in [0.05, 0.1) is 7.11 Å². The van der Waals surface area contributed by atoms with Crippen molar-refractivity contribution in [2.75, 3.05) is 7.11 Å². The number of ether oxygens (including phenoxy) is 1. The summed E-state index contributed by atoms with van der Waals surface area (Å²) in [5.74, 6) is 0.524. The summed E-state index contributed by atoms with van der Waals surface area (Å²) in [6.45, 7) is 1.56. The number of hydrogen-bond donors (Lipinski definition) is 0. The predicted molar refractivity (Wildman–Crippen MR) is 58.0 cm³/mol. The number of fused-ring (bicyclic) bond motifs is 1. The quantitative estimate of drug-likeness (QED) is 0.761. The lowest BCUT2D eigenvalue weighted by atomic mass is 10.1. The van der Waals surface area contributed by atoms with E-state index in [1.807, 2.05) is 0 Å². The summed E-state index contributed by atoms with van der Waals surface area (Å²) in [5, 5.41) is 1.17. The molecule has 0 bridgehead atoms. The summed E-state index contributed by atoms with van der Waals surface area (Å²) in [5.41, 5.74) is -0.520. The lowest BCUT2D eigenvalue weighted by Gasteiger charge is -2.10. The van der Waals surface area contributed by atoms with E-state index in [0.717, 1.165) is 6.07 Å². The molecule has 0 saturated carbocycles. The number of halogens is 3. The van der Waals surface area contributed by atoms with Crippen LogP contribution < -0.4 is 4.74 Å². The van der Waals surface area contributed by atoms with Crippen LogP contribution in [0.25, 0.3) is 10.8 Å². The molecule has 1 heterocycles. The van der Waals surface area contributed by atoms with Gasteiger partial charge in [0.15, 0.2) is 0 Å². The van der Waals surface area contributed by atoms with Gasteiger partial charge in [0, 0.05) is 11.1 Å². The van der Waals surface area contributed by atoms with Gasteiger partial charge in [-0.3, -0.25) is 0 Å². The fourth-order valence-corrected chi connectivity index (χ4v) is 1.68. The Labute approximate surface area is 96.0 Å². The van der Waals surface area contributed by atoms with Crippen molar-refractivity contribution in [1.29, 1.82) is 0 Å². The van der Waals surface area contributed by atoms with Gasteiger partial charge in [-0.15, -0.1) is 0 Å². The molecular formula is C12H10F3NO. The van der Waals surface area contributed by atoms with Crippen LogP contribution in [0.4, 0.5) is 13.2 Å². The van der Waals surface area contributed by atoms with Gasteiger partial charge in [-0.2, -0.15) is 13.2 Å². The Hall–Kier alpha value is -1.78. The van der Waals surface area contributed by atoms with Crippen LogP contribution in [-0.2, 0) is 6.18 Å². The van der Waals surface area contributed by atoms with Gasteiger partial charge < -0.3 is 4.74 Å². The minimum atomic E-state index is -4.43. The van der Waals surface area contributed by atoms with Crippen molar-refractivity contribution in [3.8, 4) is 5.75 Å². The first kappa shape index (κ1) is 11.7. The molecule has 0 saturated heterocycles. The van der Waals surface area contributed by atoms with E-state index in [2.05, 4.69) is 4.98 Å². The van der Waals surface area contributed by atoms with Crippen LogP contribution in [0.1, 0.15) is 11.4 Å². The van der Waals surface area contributed by atoms with Crippen LogP contribution in [0.15, 0.2) is 24.3 Å². The standard InChI is InChI=1S/C12H10F3NO/c1-7-10-4-3-9(17-2)5-8(10)6-11(16-7)12(13,14)15/h3-6H,1-2H3. The first-order valence-corrected chi connectivity index (χ1v) is 4.94. The largest absolute Gasteiger partial charge is 0.497 e. The van der Waals surface area contributed by atoms with E-state index in [1.165, 1.54) is 7.11 Å². The predicted octanol–water partition coefficient (Wildman–Crippen LogP) is 3.57. The maximum atomic E-state index is 12.6.